The summed E-state index contributed by atoms with van der Waals surface area (Å²) in [5.74, 6) is -4.47. The second kappa shape index (κ2) is 8.41. The third-order valence-corrected chi connectivity index (χ3v) is 4.60. The molecule has 1 fully saturated rings. The highest BCUT2D eigenvalue weighted by molar-refractivity contribution is 6.07. The van der Waals surface area contributed by atoms with E-state index in [-0.39, 0.29) is 23.8 Å². The van der Waals surface area contributed by atoms with Gasteiger partial charge in [-0.3, -0.25) is 4.79 Å². The zero-order valence-electron chi connectivity index (χ0n) is 15.2. The topological polar surface area (TPSA) is 152 Å². The van der Waals surface area contributed by atoms with Crippen molar-refractivity contribution >= 4 is 17.8 Å². The molecule has 1 aliphatic rings. The highest BCUT2D eigenvalue weighted by atomic mass is 19.1. The van der Waals surface area contributed by atoms with E-state index in [0.717, 1.165) is 18.9 Å². The first-order valence-electron chi connectivity index (χ1n) is 8.80. The third-order valence-electron chi connectivity index (χ3n) is 4.60. The second-order valence-electron chi connectivity index (χ2n) is 6.56. The van der Waals surface area contributed by atoms with Crippen LogP contribution >= 0.6 is 0 Å². The molecule has 154 valence electrons. The minimum absolute atomic E-state index is 0.0207. The molecule has 10 heteroatoms. The van der Waals surface area contributed by atoms with Crippen LogP contribution in [0.2, 0.25) is 0 Å². The van der Waals surface area contributed by atoms with Gasteiger partial charge in [0.1, 0.15) is 22.8 Å². The number of carboxylic acids is 2. The van der Waals surface area contributed by atoms with E-state index in [0.29, 0.717) is 13.2 Å². The van der Waals surface area contributed by atoms with Gasteiger partial charge in [-0.2, -0.15) is 0 Å². The molecule has 2 heterocycles. The van der Waals surface area contributed by atoms with Crippen LogP contribution in [0.3, 0.4) is 0 Å². The molecule has 1 saturated heterocycles. The van der Waals surface area contributed by atoms with Crippen molar-refractivity contribution in [2.24, 2.45) is 0 Å². The number of hydrogen-bond donors (Lipinski definition) is 4. The molecule has 3 rings (SSSR count). The van der Waals surface area contributed by atoms with Gasteiger partial charge in [-0.05, 0) is 24.5 Å². The first-order chi connectivity index (χ1) is 13.8. The van der Waals surface area contributed by atoms with E-state index < -0.39 is 45.8 Å². The lowest BCUT2D eigenvalue weighted by Gasteiger charge is -2.14. The van der Waals surface area contributed by atoms with Crippen molar-refractivity contribution in [1.82, 2.24) is 4.98 Å². The summed E-state index contributed by atoms with van der Waals surface area (Å²) in [5.41, 5.74) is 2.66. The maximum Gasteiger partial charge on any atom is 0.342 e. The zero-order chi connectivity index (χ0) is 21.1. The van der Waals surface area contributed by atoms with Crippen LogP contribution in [0.25, 0.3) is 11.1 Å². The number of benzene rings is 1. The predicted octanol–water partition coefficient (Wildman–Crippen LogP) is 1.86. The Bertz CT molecular complexity index is 1010. The molecule has 0 radical (unpaired) electrons. The second-order valence-corrected chi connectivity index (χ2v) is 6.56. The smallest absolute Gasteiger partial charge is 0.342 e. The van der Waals surface area contributed by atoms with Crippen LogP contribution in [0.4, 0.5) is 10.2 Å². The quantitative estimate of drug-likeness (QED) is 0.544. The summed E-state index contributed by atoms with van der Waals surface area (Å²) >= 11 is 0. The molecular formula is C19H19FN2O7. The molecule has 1 unspecified atom stereocenters. The van der Waals surface area contributed by atoms with Gasteiger partial charge >= 0.3 is 11.9 Å². The lowest BCUT2D eigenvalue weighted by molar-refractivity contribution is 0.00983. The van der Waals surface area contributed by atoms with Crippen molar-refractivity contribution in [2.45, 2.75) is 25.6 Å². The molecular weight excluding hydrogens is 387 g/mol. The molecule has 1 atom stereocenters. The Morgan fingerprint density at radius 2 is 2.00 bits per heavy atom. The normalized spacial score (nSPS) is 16.1. The van der Waals surface area contributed by atoms with Crippen LogP contribution in [0.1, 0.15) is 39.1 Å². The van der Waals surface area contributed by atoms with E-state index in [9.17, 15) is 29.0 Å². The van der Waals surface area contributed by atoms with E-state index in [1.54, 1.807) is 0 Å². The van der Waals surface area contributed by atoms with Crippen molar-refractivity contribution in [1.29, 1.82) is 0 Å². The molecule has 0 bridgehead atoms. The van der Waals surface area contributed by atoms with Gasteiger partial charge in [0.15, 0.2) is 0 Å². The summed E-state index contributed by atoms with van der Waals surface area (Å²) in [6.45, 7) is 0.952. The summed E-state index contributed by atoms with van der Waals surface area (Å²) in [5, 5.41) is 18.8. The molecule has 29 heavy (non-hydrogen) atoms. The fourth-order valence-corrected chi connectivity index (χ4v) is 3.23. The third kappa shape index (κ3) is 4.28. The van der Waals surface area contributed by atoms with Crippen LogP contribution in [0, 0.1) is 5.82 Å². The Morgan fingerprint density at radius 1 is 1.28 bits per heavy atom. The number of nitrogen functional groups attached to an aromatic ring is 1. The number of nitrogens with one attached hydrogen (secondary N) is 1. The Kier molecular flexibility index (Phi) is 5.95. The van der Waals surface area contributed by atoms with Crippen molar-refractivity contribution in [3.05, 3.63) is 51.1 Å². The van der Waals surface area contributed by atoms with E-state index >= 15 is 0 Å². The number of H-pyrrole nitrogens is 1. The monoisotopic (exact) mass is 406 g/mol. The number of pyridine rings is 1. The maximum absolute atomic E-state index is 14.6. The number of carboxylic acid groups (broad SMARTS) is 2. The number of hydrogen-bond acceptors (Lipinski definition) is 6. The average Bonchev–Trinajstić information content (AvgIpc) is 3.15. The van der Waals surface area contributed by atoms with E-state index in [2.05, 4.69) is 0 Å². The summed E-state index contributed by atoms with van der Waals surface area (Å²) < 4.78 is 25.5. The standard InChI is InChI=1S/C19H19FN2O7/c20-12-6-9(3-4-10(12)7-28-8-11-2-1-5-29-11)13-14(18(24)25)16(21)22-17(23)15(13)19(26)27/h3-4,6,11H,1-2,5,7-8H2,(H,24,25)(H,26,27)(H3,21,22,23). The van der Waals surface area contributed by atoms with Crippen molar-refractivity contribution < 1.29 is 33.7 Å². The summed E-state index contributed by atoms with van der Waals surface area (Å²) in [6.07, 6.45) is 1.81. The average molecular weight is 406 g/mol. The fourth-order valence-electron chi connectivity index (χ4n) is 3.23. The molecule has 0 aliphatic carbocycles. The SMILES string of the molecule is Nc1[nH]c(=O)c(C(=O)O)c(-c2ccc(COCC3CCCO3)c(F)c2)c1C(=O)O. The van der Waals surface area contributed by atoms with Crippen LogP contribution in [-0.2, 0) is 16.1 Å². The van der Waals surface area contributed by atoms with Crippen LogP contribution in [0.15, 0.2) is 23.0 Å². The van der Waals surface area contributed by atoms with Gasteiger partial charge < -0.3 is 30.4 Å². The summed E-state index contributed by atoms with van der Waals surface area (Å²) in [7, 11) is 0. The maximum atomic E-state index is 14.6. The van der Waals surface area contributed by atoms with Crippen LogP contribution < -0.4 is 11.3 Å². The number of nitrogens with two attached hydrogens (primary N) is 1. The predicted molar refractivity (Wildman–Crippen MR) is 99.4 cm³/mol. The molecule has 1 aromatic carbocycles. The Morgan fingerprint density at radius 3 is 2.59 bits per heavy atom. The van der Waals surface area contributed by atoms with Gasteiger partial charge in [-0.1, -0.05) is 12.1 Å². The number of rotatable bonds is 7. The highest BCUT2D eigenvalue weighted by Crippen LogP contribution is 2.30. The van der Waals surface area contributed by atoms with Gasteiger partial charge in [-0.15, -0.1) is 0 Å². The van der Waals surface area contributed by atoms with Gasteiger partial charge in [-0.25, -0.2) is 14.0 Å². The number of carbonyl (C=O) groups is 2. The Balaban J connectivity index is 1.96. The van der Waals surface area contributed by atoms with Crippen molar-refractivity contribution in [2.75, 3.05) is 18.9 Å². The van der Waals surface area contributed by atoms with E-state index in [1.165, 1.54) is 12.1 Å². The number of halogens is 1. The van der Waals surface area contributed by atoms with Gasteiger partial charge in [0.2, 0.25) is 0 Å². The van der Waals surface area contributed by atoms with Crippen LogP contribution in [0.5, 0.6) is 0 Å². The number of aromatic nitrogens is 1. The number of aromatic carboxylic acids is 2. The summed E-state index contributed by atoms with van der Waals surface area (Å²) in [6, 6.07) is 3.62. The van der Waals surface area contributed by atoms with Crippen molar-refractivity contribution in [3.63, 3.8) is 0 Å². The molecule has 1 aromatic heterocycles. The molecule has 5 N–H and O–H groups in total. The molecule has 1 aliphatic heterocycles. The number of ether oxygens (including phenoxy) is 2. The first kappa shape index (κ1) is 20.5. The van der Waals surface area contributed by atoms with Gasteiger partial charge in [0.05, 0.1) is 19.3 Å². The number of anilines is 1. The van der Waals surface area contributed by atoms with Crippen LogP contribution in [-0.4, -0.2) is 46.5 Å². The van der Waals surface area contributed by atoms with Crippen molar-refractivity contribution in [3.8, 4) is 11.1 Å². The summed E-state index contributed by atoms with van der Waals surface area (Å²) in [4.78, 5) is 37.2. The number of aromatic amines is 1. The zero-order valence-corrected chi connectivity index (χ0v) is 15.2. The Labute approximate surface area is 163 Å². The minimum atomic E-state index is -1.66. The highest BCUT2D eigenvalue weighted by Gasteiger charge is 2.27. The van der Waals surface area contributed by atoms with Gasteiger partial charge in [0.25, 0.3) is 5.56 Å². The van der Waals surface area contributed by atoms with E-state index in [4.69, 9.17) is 15.2 Å². The fraction of sp³-hybridized carbons (Fsp3) is 0.316. The lowest BCUT2D eigenvalue weighted by Crippen LogP contribution is -2.24. The molecule has 0 spiro atoms. The Hall–Kier alpha value is -3.24. The lowest BCUT2D eigenvalue weighted by atomic mass is 9.94. The molecule has 9 nitrogen and oxygen atoms in total. The molecule has 2 aromatic rings. The minimum Gasteiger partial charge on any atom is -0.478 e. The largest absolute Gasteiger partial charge is 0.478 e. The van der Waals surface area contributed by atoms with Gasteiger partial charge in [0, 0.05) is 17.7 Å². The van der Waals surface area contributed by atoms with E-state index in [1.807, 2.05) is 4.98 Å². The molecule has 0 amide bonds. The first-order valence-corrected chi connectivity index (χ1v) is 8.80. The molecule has 0 saturated carbocycles.